The predicted molar refractivity (Wildman–Crippen MR) is 231 cm³/mol. The fraction of sp³-hybridized carbons (Fsp3) is 0.696. The van der Waals surface area contributed by atoms with Gasteiger partial charge in [0.25, 0.3) is 7.82 Å². The number of nitrogens with zero attached hydrogens (tertiary/aromatic N) is 1. The molecule has 0 radical (unpaired) electrons. The molecule has 0 aromatic rings. The van der Waals surface area contributed by atoms with Crippen LogP contribution in [-0.4, -0.2) is 69.8 Å². The summed E-state index contributed by atoms with van der Waals surface area (Å²) in [5.74, 6) is -0.262. The Hall–Kier alpha value is -2.55. The first kappa shape index (κ1) is 53.5. The van der Waals surface area contributed by atoms with Gasteiger partial charge in [0.2, 0.25) is 0 Å². The first-order valence-corrected chi connectivity index (χ1v) is 23.1. The maximum atomic E-state index is 12.6. The van der Waals surface area contributed by atoms with Gasteiger partial charge in [-0.05, 0) is 82.8 Å². The van der Waals surface area contributed by atoms with Crippen LogP contribution in [0.4, 0.5) is 0 Å². The van der Waals surface area contributed by atoms with Crippen LogP contribution in [0.2, 0.25) is 0 Å². The number of phosphoric acid groups is 1. The number of carbonyl (C=O) groups excluding carboxylic acids is 2. The highest BCUT2D eigenvalue weighted by Gasteiger charge is 2.20. The number of hydrogen-bond donors (Lipinski definition) is 0. The van der Waals surface area contributed by atoms with Crippen molar-refractivity contribution in [1.82, 2.24) is 0 Å². The molecule has 0 aliphatic rings. The summed E-state index contributed by atoms with van der Waals surface area (Å²) >= 11 is 0. The number of rotatable bonds is 39. The lowest BCUT2D eigenvalue weighted by Gasteiger charge is -2.28. The second kappa shape index (κ2) is 38.0. The van der Waals surface area contributed by atoms with E-state index in [1.54, 1.807) is 18.4 Å². The molecule has 0 amide bonds. The molecule has 0 bridgehead atoms. The number of allylic oxidation sites excluding steroid dienone is 11. The normalized spacial score (nSPS) is 14.3. The molecule has 322 valence electrons. The fourth-order valence-electron chi connectivity index (χ4n) is 5.33. The molecule has 2 atom stereocenters. The Labute approximate surface area is 342 Å². The minimum Gasteiger partial charge on any atom is -0.756 e. The molecular formula is C46H80NO8P. The quantitative estimate of drug-likeness (QED) is 0.00882. The third-order valence-electron chi connectivity index (χ3n) is 8.77. The fourth-order valence-corrected chi connectivity index (χ4v) is 6.06. The van der Waals surface area contributed by atoms with Crippen molar-refractivity contribution in [3.63, 3.8) is 0 Å². The smallest absolute Gasteiger partial charge is 0.306 e. The van der Waals surface area contributed by atoms with E-state index in [4.69, 9.17) is 18.5 Å². The number of likely N-dealkylation sites (N-methyl/N-ethyl adjacent to an activating group) is 1. The standard InChI is InChI=1S/C46H80NO8P/c1-6-8-10-11-12-13-14-15-16-17-18-22-25-28-31-35-40-52-42-45(43-54-56(50,51)53-41-39-47(3,4)5)55-46(49)38-34-30-27-24-21-19-20-23-26-29-33-37-44(48)36-32-9-7-2/h15-16,19-20,24,26-27,29,33,35,37,40,45H,6-14,17-18,21-23,25,28,30-32,34,36,38-39,41-43H2,1-5H3/b16-15-,20-19-,27-24-,29-26-,37-33+,40-35+/t45-/m1/s1. The van der Waals surface area contributed by atoms with Crippen molar-refractivity contribution in [2.75, 3.05) is 47.5 Å². The summed E-state index contributed by atoms with van der Waals surface area (Å²) in [4.78, 5) is 36.7. The van der Waals surface area contributed by atoms with Crippen molar-refractivity contribution in [2.24, 2.45) is 0 Å². The van der Waals surface area contributed by atoms with Crippen LogP contribution in [-0.2, 0) is 32.7 Å². The average Bonchev–Trinajstić information content (AvgIpc) is 3.14. The Morgan fingerprint density at radius 2 is 1.18 bits per heavy atom. The van der Waals surface area contributed by atoms with Crippen molar-refractivity contribution < 1.29 is 42.1 Å². The molecule has 0 rings (SSSR count). The zero-order valence-corrected chi connectivity index (χ0v) is 36.9. The van der Waals surface area contributed by atoms with Crippen LogP contribution in [0.3, 0.4) is 0 Å². The van der Waals surface area contributed by atoms with Crippen molar-refractivity contribution >= 4 is 19.6 Å². The van der Waals surface area contributed by atoms with Crippen LogP contribution in [0, 0.1) is 0 Å². The van der Waals surface area contributed by atoms with Crippen LogP contribution < -0.4 is 4.89 Å². The Balaban J connectivity index is 4.48. The number of phosphoric ester groups is 1. The molecule has 0 N–H and O–H groups in total. The summed E-state index contributed by atoms with van der Waals surface area (Å²) in [7, 11) is 1.24. The van der Waals surface area contributed by atoms with Gasteiger partial charge in [-0.3, -0.25) is 14.2 Å². The predicted octanol–water partition coefficient (Wildman–Crippen LogP) is 11.6. The second-order valence-electron chi connectivity index (χ2n) is 15.4. The highest BCUT2D eigenvalue weighted by atomic mass is 31.2. The average molecular weight is 806 g/mol. The number of unbranched alkanes of at least 4 members (excludes halogenated alkanes) is 14. The topological polar surface area (TPSA) is 111 Å². The number of hydrogen-bond acceptors (Lipinski definition) is 8. The molecule has 0 saturated carbocycles. The van der Waals surface area contributed by atoms with Gasteiger partial charge in [-0.2, -0.15) is 0 Å². The lowest BCUT2D eigenvalue weighted by atomic mass is 10.1. The highest BCUT2D eigenvalue weighted by Crippen LogP contribution is 2.38. The summed E-state index contributed by atoms with van der Waals surface area (Å²) < 4.78 is 34.2. The summed E-state index contributed by atoms with van der Waals surface area (Å²) in [5, 5.41) is 0. The third-order valence-corrected chi connectivity index (χ3v) is 9.73. The Morgan fingerprint density at radius 1 is 0.625 bits per heavy atom. The summed E-state index contributed by atoms with van der Waals surface area (Å²) in [6.07, 6.45) is 45.7. The molecule has 0 aromatic heterocycles. The van der Waals surface area contributed by atoms with E-state index in [9.17, 15) is 19.0 Å². The van der Waals surface area contributed by atoms with Crippen LogP contribution in [0.15, 0.2) is 73.1 Å². The Bertz CT molecular complexity index is 1180. The molecule has 56 heavy (non-hydrogen) atoms. The highest BCUT2D eigenvalue weighted by molar-refractivity contribution is 7.45. The number of esters is 1. The summed E-state index contributed by atoms with van der Waals surface area (Å²) in [6, 6.07) is 0. The molecule has 0 spiro atoms. The maximum Gasteiger partial charge on any atom is 0.306 e. The van der Waals surface area contributed by atoms with Crippen LogP contribution >= 0.6 is 7.82 Å². The van der Waals surface area contributed by atoms with Crippen LogP contribution in [0.5, 0.6) is 0 Å². The van der Waals surface area contributed by atoms with Gasteiger partial charge in [-0.15, -0.1) is 0 Å². The van der Waals surface area contributed by atoms with Crippen molar-refractivity contribution in [2.45, 2.75) is 161 Å². The zero-order chi connectivity index (χ0) is 41.4. The maximum absolute atomic E-state index is 12.6. The van der Waals surface area contributed by atoms with Gasteiger partial charge < -0.3 is 27.9 Å². The summed E-state index contributed by atoms with van der Waals surface area (Å²) in [6.45, 7) is 4.45. The lowest BCUT2D eigenvalue weighted by molar-refractivity contribution is -0.870. The molecule has 1 unspecified atom stereocenters. The number of ether oxygens (including phenoxy) is 2. The van der Waals surface area contributed by atoms with Gasteiger partial charge in [0.15, 0.2) is 11.9 Å². The van der Waals surface area contributed by atoms with Crippen molar-refractivity contribution in [1.29, 1.82) is 0 Å². The second-order valence-corrected chi connectivity index (χ2v) is 16.9. The van der Waals surface area contributed by atoms with Crippen molar-refractivity contribution in [3.8, 4) is 0 Å². The Kier molecular flexibility index (Phi) is 36.3. The molecule has 0 heterocycles. The van der Waals surface area contributed by atoms with Gasteiger partial charge in [-0.25, -0.2) is 0 Å². The number of carbonyl (C=O) groups is 2. The third kappa shape index (κ3) is 41.1. The van der Waals surface area contributed by atoms with E-state index >= 15 is 0 Å². The molecule has 0 fully saturated rings. The Morgan fingerprint density at radius 3 is 1.84 bits per heavy atom. The van der Waals surface area contributed by atoms with Gasteiger partial charge in [-0.1, -0.05) is 126 Å². The number of quaternary nitrogens is 1. The summed E-state index contributed by atoms with van der Waals surface area (Å²) in [5.41, 5.74) is 0. The van der Waals surface area contributed by atoms with Gasteiger partial charge in [0, 0.05) is 12.8 Å². The minimum absolute atomic E-state index is 0.00956. The molecule has 10 heteroatoms. The largest absolute Gasteiger partial charge is 0.756 e. The van der Waals surface area contributed by atoms with Gasteiger partial charge in [0.1, 0.15) is 19.8 Å². The SMILES string of the molecule is CCCCCCCC/C=C\CCCCCC/C=C/OC[C@H](COP(=O)([O-])OCC[N+](C)(C)C)OC(=O)CCC/C=C\C/C=C\C/C=C\C=C\C(=O)CCCCC. The van der Waals surface area contributed by atoms with Crippen molar-refractivity contribution in [3.05, 3.63) is 73.1 Å². The minimum atomic E-state index is -4.57. The first-order chi connectivity index (χ1) is 27.0. The molecule has 0 aliphatic heterocycles. The van der Waals surface area contributed by atoms with E-state index in [1.807, 2.05) is 45.4 Å². The van der Waals surface area contributed by atoms with E-state index in [0.29, 0.717) is 30.3 Å². The lowest BCUT2D eigenvalue weighted by Crippen LogP contribution is -2.37. The van der Waals surface area contributed by atoms with E-state index < -0.39 is 19.9 Å². The van der Waals surface area contributed by atoms with Crippen LogP contribution in [0.25, 0.3) is 0 Å². The molecule has 0 saturated heterocycles. The van der Waals surface area contributed by atoms with Gasteiger partial charge >= 0.3 is 5.97 Å². The molecular weight excluding hydrogens is 725 g/mol. The molecule has 0 aliphatic carbocycles. The van der Waals surface area contributed by atoms with E-state index in [1.165, 1.54) is 57.8 Å². The van der Waals surface area contributed by atoms with E-state index in [-0.39, 0.29) is 32.0 Å². The monoisotopic (exact) mass is 806 g/mol. The first-order valence-electron chi connectivity index (χ1n) is 21.7. The number of ketones is 1. The molecule has 9 nitrogen and oxygen atoms in total. The van der Waals surface area contributed by atoms with Crippen LogP contribution in [0.1, 0.15) is 155 Å². The van der Waals surface area contributed by atoms with E-state index in [0.717, 1.165) is 57.8 Å². The zero-order valence-electron chi connectivity index (χ0n) is 36.1. The van der Waals surface area contributed by atoms with E-state index in [2.05, 4.69) is 44.2 Å². The van der Waals surface area contributed by atoms with Gasteiger partial charge in [0.05, 0.1) is 34.0 Å². The molecule has 0 aromatic carbocycles.